The van der Waals surface area contributed by atoms with E-state index in [0.29, 0.717) is 0 Å². The van der Waals surface area contributed by atoms with Gasteiger partial charge in [0, 0.05) is 17.6 Å². The molecule has 80 valence electrons. The zero-order valence-electron chi connectivity index (χ0n) is 9.07. The van der Waals surface area contributed by atoms with Crippen molar-refractivity contribution in [3.63, 3.8) is 0 Å². The van der Waals surface area contributed by atoms with E-state index in [2.05, 4.69) is 33.0 Å². The first-order chi connectivity index (χ1) is 7.13. The van der Waals surface area contributed by atoms with E-state index in [1.165, 1.54) is 5.56 Å². The Labute approximate surface area is 99.6 Å². The normalized spacial score (nSPS) is 12.5. The Morgan fingerprint density at radius 1 is 1.47 bits per heavy atom. The minimum Gasteiger partial charge on any atom is -0.301 e. The van der Waals surface area contributed by atoms with Gasteiger partial charge in [-0.05, 0) is 25.6 Å². The second kappa shape index (κ2) is 5.89. The average Bonchev–Trinajstić information content (AvgIpc) is 2.21. The van der Waals surface area contributed by atoms with Crippen molar-refractivity contribution in [1.82, 2.24) is 4.90 Å². The third-order valence-corrected chi connectivity index (χ3v) is 2.98. The third-order valence-electron chi connectivity index (χ3n) is 2.20. The van der Waals surface area contributed by atoms with Gasteiger partial charge < -0.3 is 4.90 Å². The molecule has 0 aliphatic carbocycles. The summed E-state index contributed by atoms with van der Waals surface area (Å²) in [7, 11) is 2.04. The lowest BCUT2D eigenvalue weighted by Crippen LogP contribution is -2.23. The van der Waals surface area contributed by atoms with Crippen molar-refractivity contribution in [2.24, 2.45) is 5.92 Å². The molecule has 1 atom stereocenters. The van der Waals surface area contributed by atoms with Crippen molar-refractivity contribution >= 4 is 15.9 Å². The molecule has 1 aromatic rings. The number of hydrogen-bond donors (Lipinski definition) is 0. The lowest BCUT2D eigenvalue weighted by atomic mass is 10.1. The van der Waals surface area contributed by atoms with Crippen LogP contribution < -0.4 is 0 Å². The molecular formula is C12H15BrN2. The lowest BCUT2D eigenvalue weighted by Gasteiger charge is -2.18. The SMILES string of the molecule is C[C@H](C#N)CN(C)Cc1ccccc1Br. The van der Waals surface area contributed by atoms with E-state index in [1.54, 1.807) is 0 Å². The zero-order chi connectivity index (χ0) is 11.3. The molecule has 1 rings (SSSR count). The van der Waals surface area contributed by atoms with E-state index in [-0.39, 0.29) is 5.92 Å². The molecule has 0 spiro atoms. The summed E-state index contributed by atoms with van der Waals surface area (Å²) in [6, 6.07) is 10.4. The van der Waals surface area contributed by atoms with Gasteiger partial charge in [-0.15, -0.1) is 0 Å². The molecule has 0 aromatic heterocycles. The van der Waals surface area contributed by atoms with Crippen LogP contribution >= 0.6 is 15.9 Å². The molecule has 3 heteroatoms. The molecule has 0 unspecified atom stereocenters. The van der Waals surface area contributed by atoms with Crippen LogP contribution in [-0.4, -0.2) is 18.5 Å². The maximum absolute atomic E-state index is 8.72. The summed E-state index contributed by atoms with van der Waals surface area (Å²) in [6.45, 7) is 3.61. The van der Waals surface area contributed by atoms with Crippen molar-refractivity contribution in [2.45, 2.75) is 13.5 Å². The summed E-state index contributed by atoms with van der Waals surface area (Å²) < 4.78 is 1.13. The highest BCUT2D eigenvalue weighted by molar-refractivity contribution is 9.10. The highest BCUT2D eigenvalue weighted by atomic mass is 79.9. The van der Waals surface area contributed by atoms with Gasteiger partial charge in [0.05, 0.1) is 12.0 Å². The van der Waals surface area contributed by atoms with Gasteiger partial charge in [-0.3, -0.25) is 0 Å². The van der Waals surface area contributed by atoms with E-state index >= 15 is 0 Å². The van der Waals surface area contributed by atoms with E-state index in [9.17, 15) is 0 Å². The molecule has 0 amide bonds. The molecule has 0 saturated carbocycles. The average molecular weight is 267 g/mol. The molecule has 0 fully saturated rings. The standard InChI is InChI=1S/C12H15BrN2/c1-10(7-14)8-15(2)9-11-5-3-4-6-12(11)13/h3-6,10H,8-9H2,1-2H3/t10-/m1/s1. The summed E-state index contributed by atoms with van der Waals surface area (Å²) in [6.07, 6.45) is 0. The molecule has 0 N–H and O–H groups in total. The van der Waals surface area contributed by atoms with Gasteiger partial charge in [-0.2, -0.15) is 5.26 Å². The summed E-state index contributed by atoms with van der Waals surface area (Å²) in [5.41, 5.74) is 1.25. The van der Waals surface area contributed by atoms with Crippen LogP contribution in [0.25, 0.3) is 0 Å². The maximum atomic E-state index is 8.72. The van der Waals surface area contributed by atoms with E-state index < -0.39 is 0 Å². The quantitative estimate of drug-likeness (QED) is 0.838. The molecule has 0 aliphatic heterocycles. The van der Waals surface area contributed by atoms with Gasteiger partial charge in [-0.25, -0.2) is 0 Å². The smallest absolute Gasteiger partial charge is 0.0666 e. The fourth-order valence-corrected chi connectivity index (χ4v) is 1.90. The van der Waals surface area contributed by atoms with Crippen LogP contribution in [0.2, 0.25) is 0 Å². The summed E-state index contributed by atoms with van der Waals surface area (Å²) >= 11 is 3.52. The van der Waals surface area contributed by atoms with E-state index in [1.807, 2.05) is 32.2 Å². The third kappa shape index (κ3) is 4.03. The number of hydrogen-bond acceptors (Lipinski definition) is 2. The molecule has 15 heavy (non-hydrogen) atoms. The van der Waals surface area contributed by atoms with Gasteiger partial charge >= 0.3 is 0 Å². The Kier molecular flexibility index (Phi) is 4.80. The first-order valence-electron chi connectivity index (χ1n) is 4.95. The fraction of sp³-hybridized carbons (Fsp3) is 0.417. The number of nitrogens with zero attached hydrogens (tertiary/aromatic N) is 2. The Morgan fingerprint density at radius 3 is 2.73 bits per heavy atom. The van der Waals surface area contributed by atoms with Gasteiger partial charge in [0.1, 0.15) is 0 Å². The molecule has 1 aromatic carbocycles. The summed E-state index contributed by atoms with van der Waals surface area (Å²) in [4.78, 5) is 2.16. The molecule has 0 heterocycles. The van der Waals surface area contributed by atoms with Crippen LogP contribution in [0.15, 0.2) is 28.7 Å². The molecular weight excluding hydrogens is 252 g/mol. The van der Waals surface area contributed by atoms with Crippen molar-refractivity contribution in [3.05, 3.63) is 34.3 Å². The molecule has 0 radical (unpaired) electrons. The highest BCUT2D eigenvalue weighted by Crippen LogP contribution is 2.17. The predicted octanol–water partition coefficient (Wildman–Crippen LogP) is 3.04. The summed E-state index contributed by atoms with van der Waals surface area (Å²) in [5.74, 6) is 0.0810. The Hall–Kier alpha value is -0.850. The fourth-order valence-electron chi connectivity index (χ4n) is 1.49. The molecule has 0 saturated heterocycles. The minimum absolute atomic E-state index is 0.0810. The van der Waals surface area contributed by atoms with E-state index in [0.717, 1.165) is 17.6 Å². The molecule has 2 nitrogen and oxygen atoms in total. The topological polar surface area (TPSA) is 27.0 Å². The van der Waals surface area contributed by atoms with Gasteiger partial charge in [0.15, 0.2) is 0 Å². The van der Waals surface area contributed by atoms with Crippen molar-refractivity contribution in [1.29, 1.82) is 5.26 Å². The monoisotopic (exact) mass is 266 g/mol. The zero-order valence-corrected chi connectivity index (χ0v) is 10.7. The number of benzene rings is 1. The van der Waals surface area contributed by atoms with Gasteiger partial charge in [-0.1, -0.05) is 34.1 Å². The molecule has 0 aliphatic rings. The first kappa shape index (κ1) is 12.2. The second-order valence-corrected chi connectivity index (χ2v) is 4.67. The summed E-state index contributed by atoms with van der Waals surface area (Å²) in [5, 5.41) is 8.72. The van der Waals surface area contributed by atoms with Crippen LogP contribution in [0.4, 0.5) is 0 Å². The van der Waals surface area contributed by atoms with Crippen LogP contribution in [0.5, 0.6) is 0 Å². The van der Waals surface area contributed by atoms with E-state index in [4.69, 9.17) is 5.26 Å². The predicted molar refractivity (Wildman–Crippen MR) is 65.3 cm³/mol. The van der Waals surface area contributed by atoms with Crippen molar-refractivity contribution in [3.8, 4) is 6.07 Å². The maximum Gasteiger partial charge on any atom is 0.0666 e. The number of rotatable bonds is 4. The van der Waals surface area contributed by atoms with Gasteiger partial charge in [0.25, 0.3) is 0 Å². The van der Waals surface area contributed by atoms with Gasteiger partial charge in [0.2, 0.25) is 0 Å². The van der Waals surface area contributed by atoms with Crippen LogP contribution in [0.1, 0.15) is 12.5 Å². The number of nitriles is 1. The van der Waals surface area contributed by atoms with Crippen molar-refractivity contribution < 1.29 is 0 Å². The Morgan fingerprint density at radius 2 is 2.13 bits per heavy atom. The lowest BCUT2D eigenvalue weighted by molar-refractivity contribution is 0.302. The van der Waals surface area contributed by atoms with Crippen LogP contribution in [0, 0.1) is 17.2 Å². The first-order valence-corrected chi connectivity index (χ1v) is 5.74. The minimum atomic E-state index is 0.0810. The largest absolute Gasteiger partial charge is 0.301 e. The Balaban J connectivity index is 2.56. The Bertz CT molecular complexity index is 357. The van der Waals surface area contributed by atoms with Crippen LogP contribution in [0.3, 0.4) is 0 Å². The van der Waals surface area contributed by atoms with Crippen molar-refractivity contribution in [2.75, 3.05) is 13.6 Å². The highest BCUT2D eigenvalue weighted by Gasteiger charge is 2.07. The van der Waals surface area contributed by atoms with Crippen LogP contribution in [-0.2, 0) is 6.54 Å². The second-order valence-electron chi connectivity index (χ2n) is 3.82. The molecule has 0 bridgehead atoms. The number of halogens is 1.